The van der Waals surface area contributed by atoms with Crippen molar-refractivity contribution in [3.05, 3.63) is 71.8 Å². The molecule has 0 saturated carbocycles. The molecule has 5 nitrogen and oxygen atoms in total. The van der Waals surface area contributed by atoms with E-state index in [4.69, 9.17) is 13.8 Å². The molecule has 0 bridgehead atoms. The van der Waals surface area contributed by atoms with Crippen molar-refractivity contribution in [2.45, 2.75) is 78.3 Å². The lowest BCUT2D eigenvalue weighted by atomic mass is 9.56. The van der Waals surface area contributed by atoms with Crippen LogP contribution >= 0.6 is 7.60 Å². The topological polar surface area (TPSA) is 61.8 Å². The van der Waals surface area contributed by atoms with Crippen LogP contribution in [0.1, 0.15) is 78.9 Å². The molecule has 0 N–H and O–H groups in total. The van der Waals surface area contributed by atoms with Crippen LogP contribution in [0.3, 0.4) is 0 Å². The van der Waals surface area contributed by atoms with E-state index in [9.17, 15) is 9.36 Å². The van der Waals surface area contributed by atoms with Crippen LogP contribution in [0, 0.1) is 16.7 Å². The summed E-state index contributed by atoms with van der Waals surface area (Å²) >= 11 is 0. The highest BCUT2D eigenvalue weighted by molar-refractivity contribution is 7.55. The smallest absolute Gasteiger partial charge is 0.336 e. The summed E-state index contributed by atoms with van der Waals surface area (Å²) in [6.45, 7) is 14.3. The van der Waals surface area contributed by atoms with Gasteiger partial charge in [-0.25, -0.2) is 0 Å². The molecular formula is C31H47O5P. The third kappa shape index (κ3) is 5.75. The number of carbonyl (C=O) groups excluding carboxylic acids is 1. The average molecular weight is 531 g/mol. The largest absolute Gasteiger partial charge is 0.469 e. The minimum Gasteiger partial charge on any atom is -0.469 e. The standard InChI is InChI=1S/C31H47O5P/c1-11-24(2)31(25-18-14-12-15-19-25,26-20-16-13-17-21-26)23-28(3,4)22-30(7,27(32)34-8)29(5,6)37(33,35-9)36-10/h12-21,24H,11,22-23H2,1-10H3. The SMILES string of the molecule is CCC(C)C(CC(C)(C)CC(C)(C(=O)OC)C(C)(C)P(=O)(OC)OC)(c1ccccc1)c1ccccc1. The zero-order valence-corrected chi connectivity index (χ0v) is 25.4. The number of ether oxygens (including phenoxy) is 1. The van der Waals surface area contributed by atoms with Gasteiger partial charge >= 0.3 is 13.6 Å². The maximum absolute atomic E-state index is 13.8. The molecule has 206 valence electrons. The van der Waals surface area contributed by atoms with Crippen molar-refractivity contribution in [3.8, 4) is 0 Å². The summed E-state index contributed by atoms with van der Waals surface area (Å²) in [5.74, 6) is -0.105. The lowest BCUT2D eigenvalue weighted by Gasteiger charge is -2.50. The molecule has 2 aromatic rings. The Kier molecular flexibility index (Phi) is 10.0. The Morgan fingerprint density at radius 1 is 0.811 bits per heavy atom. The fourth-order valence-electron chi connectivity index (χ4n) is 6.30. The lowest BCUT2D eigenvalue weighted by Crippen LogP contribution is -2.51. The zero-order chi connectivity index (χ0) is 28.1. The Morgan fingerprint density at radius 3 is 1.59 bits per heavy atom. The molecule has 2 aromatic carbocycles. The number of benzene rings is 2. The van der Waals surface area contributed by atoms with Gasteiger partial charge in [0.25, 0.3) is 0 Å². The molecule has 0 fully saturated rings. The van der Waals surface area contributed by atoms with Crippen LogP contribution < -0.4 is 0 Å². The third-order valence-corrected chi connectivity index (χ3v) is 11.6. The van der Waals surface area contributed by atoms with Crippen LogP contribution in [0.15, 0.2) is 60.7 Å². The molecule has 2 rings (SSSR count). The van der Waals surface area contributed by atoms with E-state index in [-0.39, 0.29) is 10.8 Å². The maximum atomic E-state index is 13.8. The van der Waals surface area contributed by atoms with E-state index in [1.54, 1.807) is 13.8 Å². The second-order valence-corrected chi connectivity index (χ2v) is 14.6. The van der Waals surface area contributed by atoms with Gasteiger partial charge in [-0.2, -0.15) is 0 Å². The number of methoxy groups -OCH3 is 1. The van der Waals surface area contributed by atoms with Crippen molar-refractivity contribution >= 4 is 13.6 Å². The zero-order valence-electron chi connectivity index (χ0n) is 24.5. The van der Waals surface area contributed by atoms with Crippen LogP contribution in [-0.4, -0.2) is 32.5 Å². The summed E-state index contributed by atoms with van der Waals surface area (Å²) < 4.78 is 29.9. The van der Waals surface area contributed by atoms with Crippen molar-refractivity contribution in [3.63, 3.8) is 0 Å². The second kappa shape index (κ2) is 11.8. The molecule has 0 heterocycles. The summed E-state index contributed by atoms with van der Waals surface area (Å²) in [6, 6.07) is 21.3. The minimum atomic E-state index is -3.65. The van der Waals surface area contributed by atoms with Gasteiger partial charge in [-0.05, 0) is 56.1 Å². The number of hydrogen-bond donors (Lipinski definition) is 0. The third-order valence-electron chi connectivity index (χ3n) is 8.77. The normalized spacial score (nSPS) is 15.6. The van der Waals surface area contributed by atoms with Crippen molar-refractivity contribution in [1.29, 1.82) is 0 Å². The molecule has 0 aromatic heterocycles. The molecule has 6 heteroatoms. The summed E-state index contributed by atoms with van der Waals surface area (Å²) in [7, 11) is 0.466. The molecule has 2 atom stereocenters. The molecule has 0 aliphatic heterocycles. The summed E-state index contributed by atoms with van der Waals surface area (Å²) in [5.41, 5.74) is 0.682. The van der Waals surface area contributed by atoms with Crippen LogP contribution in [0.2, 0.25) is 0 Å². The van der Waals surface area contributed by atoms with Crippen LogP contribution in [0.4, 0.5) is 0 Å². The molecule has 0 radical (unpaired) electrons. The Bertz CT molecular complexity index is 1020. The predicted octanol–water partition coefficient (Wildman–Crippen LogP) is 8.27. The van der Waals surface area contributed by atoms with Gasteiger partial charge in [0.2, 0.25) is 0 Å². The van der Waals surface area contributed by atoms with Gasteiger partial charge in [0, 0.05) is 19.6 Å². The molecule has 0 aliphatic carbocycles. The fraction of sp³-hybridized carbons (Fsp3) is 0.581. The summed E-state index contributed by atoms with van der Waals surface area (Å²) in [4.78, 5) is 13.5. The second-order valence-electron chi connectivity index (χ2n) is 11.8. The summed E-state index contributed by atoms with van der Waals surface area (Å²) in [5, 5.41) is -1.15. The highest BCUT2D eigenvalue weighted by Crippen LogP contribution is 2.67. The van der Waals surface area contributed by atoms with Gasteiger partial charge in [-0.1, -0.05) is 94.8 Å². The van der Waals surface area contributed by atoms with Crippen molar-refractivity contribution in [2.24, 2.45) is 16.7 Å². The van der Waals surface area contributed by atoms with E-state index in [2.05, 4.69) is 76.2 Å². The number of esters is 1. The average Bonchev–Trinajstić information content (AvgIpc) is 2.90. The number of carbonyl (C=O) groups is 1. The Morgan fingerprint density at radius 2 is 1.24 bits per heavy atom. The van der Waals surface area contributed by atoms with E-state index < -0.39 is 24.1 Å². The van der Waals surface area contributed by atoms with Crippen LogP contribution in [0.25, 0.3) is 0 Å². The highest BCUT2D eigenvalue weighted by Gasteiger charge is 2.61. The molecule has 37 heavy (non-hydrogen) atoms. The minimum absolute atomic E-state index is 0.297. The van der Waals surface area contributed by atoms with Crippen molar-refractivity contribution in [1.82, 2.24) is 0 Å². The van der Waals surface area contributed by atoms with Crippen molar-refractivity contribution < 1.29 is 23.1 Å². The first-order valence-electron chi connectivity index (χ1n) is 13.1. The van der Waals surface area contributed by atoms with Gasteiger partial charge < -0.3 is 13.8 Å². The summed E-state index contributed by atoms with van der Waals surface area (Å²) in [6.07, 6.45) is 2.19. The molecular weight excluding hydrogens is 483 g/mol. The van der Waals surface area contributed by atoms with Gasteiger partial charge in [-0.3, -0.25) is 9.36 Å². The predicted molar refractivity (Wildman–Crippen MR) is 152 cm³/mol. The first kappa shape index (κ1) is 31.3. The quantitative estimate of drug-likeness (QED) is 0.193. The number of rotatable bonds is 13. The maximum Gasteiger partial charge on any atom is 0.336 e. The first-order valence-corrected chi connectivity index (χ1v) is 14.7. The van der Waals surface area contributed by atoms with E-state index in [1.807, 2.05) is 19.1 Å². The Balaban J connectivity index is 2.74. The lowest BCUT2D eigenvalue weighted by molar-refractivity contribution is -0.156. The van der Waals surface area contributed by atoms with Gasteiger partial charge in [0.05, 0.1) is 17.7 Å². The van der Waals surface area contributed by atoms with Gasteiger partial charge in [-0.15, -0.1) is 0 Å². The molecule has 2 unspecified atom stereocenters. The first-order chi connectivity index (χ1) is 17.2. The monoisotopic (exact) mass is 530 g/mol. The van der Waals surface area contributed by atoms with Crippen molar-refractivity contribution in [2.75, 3.05) is 21.3 Å². The number of hydrogen-bond acceptors (Lipinski definition) is 5. The van der Waals surface area contributed by atoms with E-state index in [0.717, 1.165) is 12.8 Å². The van der Waals surface area contributed by atoms with E-state index in [1.165, 1.54) is 32.5 Å². The molecule has 0 spiro atoms. The van der Waals surface area contributed by atoms with E-state index >= 15 is 0 Å². The molecule has 0 aliphatic rings. The van der Waals surface area contributed by atoms with Gasteiger partial charge in [0.15, 0.2) is 0 Å². The highest BCUT2D eigenvalue weighted by atomic mass is 31.2. The Labute approximate surface area is 224 Å². The van der Waals surface area contributed by atoms with Gasteiger partial charge in [0.1, 0.15) is 0 Å². The Hall–Kier alpha value is -1.94. The molecule has 0 amide bonds. The fourth-order valence-corrected chi connectivity index (χ4v) is 8.14. The van der Waals surface area contributed by atoms with Crippen LogP contribution in [0.5, 0.6) is 0 Å². The van der Waals surface area contributed by atoms with Crippen LogP contribution in [-0.2, 0) is 28.6 Å². The molecule has 0 saturated heterocycles. The van der Waals surface area contributed by atoms with E-state index in [0.29, 0.717) is 12.3 Å².